The first kappa shape index (κ1) is 10.4. The maximum absolute atomic E-state index is 11.0. The lowest BCUT2D eigenvalue weighted by atomic mass is 10.1. The number of rotatable bonds is 2. The molecule has 0 aliphatic rings. The Bertz CT molecular complexity index is 354. The Hall–Kier alpha value is -1.64. The minimum atomic E-state index is -0.0272. The summed E-state index contributed by atoms with van der Waals surface area (Å²) >= 11 is 0. The molecule has 1 aromatic carbocycles. The summed E-state index contributed by atoms with van der Waals surface area (Å²) in [6, 6.07) is 6.96. The molecule has 0 spiro atoms. The van der Waals surface area contributed by atoms with Crippen LogP contribution in [0.5, 0.6) is 0 Å². The van der Waals surface area contributed by atoms with E-state index >= 15 is 0 Å². The molecule has 3 nitrogen and oxygen atoms in total. The topological polar surface area (TPSA) is 37.4 Å². The van der Waals surface area contributed by atoms with Crippen molar-refractivity contribution in [2.45, 2.75) is 13.8 Å². The highest BCUT2D eigenvalue weighted by molar-refractivity contribution is 5.95. The van der Waals surface area contributed by atoms with Crippen molar-refractivity contribution in [3.05, 3.63) is 29.8 Å². The largest absolute Gasteiger partial charge is 0.316 e. The molecule has 0 bridgehead atoms. The highest BCUT2D eigenvalue weighted by Crippen LogP contribution is 2.13. The zero-order valence-electron chi connectivity index (χ0n) is 8.57. The van der Waals surface area contributed by atoms with Gasteiger partial charge in [0.2, 0.25) is 5.91 Å². The number of Topliss-reactive ketones (excluding diaryl/α,β-unsaturated/α-hetero) is 1. The van der Waals surface area contributed by atoms with Gasteiger partial charge in [0, 0.05) is 25.2 Å². The number of hydrogen-bond donors (Lipinski definition) is 0. The van der Waals surface area contributed by atoms with Crippen molar-refractivity contribution in [1.29, 1.82) is 0 Å². The number of carbonyl (C=O) groups excluding carboxylic acids is 2. The quantitative estimate of drug-likeness (QED) is 0.669. The molecule has 0 fully saturated rings. The Balaban J connectivity index is 2.94. The Labute approximate surface area is 83.3 Å². The molecule has 74 valence electrons. The van der Waals surface area contributed by atoms with Crippen molar-refractivity contribution in [2.24, 2.45) is 0 Å². The molecule has 0 aromatic heterocycles. The van der Waals surface area contributed by atoms with Gasteiger partial charge < -0.3 is 4.90 Å². The van der Waals surface area contributed by atoms with Gasteiger partial charge in [0.15, 0.2) is 5.78 Å². The van der Waals surface area contributed by atoms with E-state index < -0.39 is 0 Å². The zero-order valence-corrected chi connectivity index (χ0v) is 8.57. The number of benzene rings is 1. The van der Waals surface area contributed by atoms with Crippen molar-refractivity contribution in [3.63, 3.8) is 0 Å². The van der Waals surface area contributed by atoms with Gasteiger partial charge in [-0.25, -0.2) is 0 Å². The summed E-state index contributed by atoms with van der Waals surface area (Å²) in [5.41, 5.74) is 1.45. The molecule has 3 heteroatoms. The highest BCUT2D eigenvalue weighted by Gasteiger charge is 2.05. The molecule has 1 rings (SSSR count). The van der Waals surface area contributed by atoms with E-state index in [4.69, 9.17) is 0 Å². The molecular formula is C11H13NO2. The van der Waals surface area contributed by atoms with Crippen LogP contribution < -0.4 is 4.90 Å². The van der Waals surface area contributed by atoms with Gasteiger partial charge in [-0.1, -0.05) is 0 Å². The summed E-state index contributed by atoms with van der Waals surface area (Å²) in [5.74, 6) is 0.00241. The maximum Gasteiger partial charge on any atom is 0.223 e. The predicted octanol–water partition coefficient (Wildman–Crippen LogP) is 1.87. The van der Waals surface area contributed by atoms with E-state index in [0.717, 1.165) is 5.69 Å². The van der Waals surface area contributed by atoms with E-state index in [1.807, 2.05) is 0 Å². The second-order valence-corrected chi connectivity index (χ2v) is 3.18. The lowest BCUT2D eigenvalue weighted by Gasteiger charge is -2.14. The number of ketones is 1. The number of amides is 1. The van der Waals surface area contributed by atoms with Crippen molar-refractivity contribution in [3.8, 4) is 0 Å². The van der Waals surface area contributed by atoms with Gasteiger partial charge in [0.1, 0.15) is 0 Å². The van der Waals surface area contributed by atoms with E-state index in [2.05, 4.69) is 0 Å². The first-order valence-corrected chi connectivity index (χ1v) is 4.37. The van der Waals surface area contributed by atoms with Crippen molar-refractivity contribution in [1.82, 2.24) is 0 Å². The average molecular weight is 191 g/mol. The summed E-state index contributed by atoms with van der Waals surface area (Å²) in [4.78, 5) is 23.5. The van der Waals surface area contributed by atoms with Crippen LogP contribution >= 0.6 is 0 Å². The van der Waals surface area contributed by atoms with E-state index in [9.17, 15) is 9.59 Å². The Morgan fingerprint density at radius 3 is 1.93 bits per heavy atom. The molecule has 0 heterocycles. The lowest BCUT2D eigenvalue weighted by Crippen LogP contribution is -2.22. The van der Waals surface area contributed by atoms with Crippen LogP contribution in [0.4, 0.5) is 5.69 Å². The number of carbonyl (C=O) groups is 2. The van der Waals surface area contributed by atoms with E-state index in [-0.39, 0.29) is 11.7 Å². The molecule has 0 saturated carbocycles. The van der Waals surface area contributed by atoms with E-state index in [1.54, 1.807) is 31.3 Å². The van der Waals surface area contributed by atoms with E-state index in [0.29, 0.717) is 5.56 Å². The van der Waals surface area contributed by atoms with Gasteiger partial charge in [-0.2, -0.15) is 0 Å². The van der Waals surface area contributed by atoms with Crippen LogP contribution in [0, 0.1) is 0 Å². The number of hydrogen-bond acceptors (Lipinski definition) is 2. The summed E-state index contributed by atoms with van der Waals surface area (Å²) in [5, 5.41) is 0. The van der Waals surface area contributed by atoms with Gasteiger partial charge in [-0.3, -0.25) is 9.59 Å². The van der Waals surface area contributed by atoms with Crippen LogP contribution in [-0.2, 0) is 4.79 Å². The third kappa shape index (κ3) is 2.19. The first-order chi connectivity index (χ1) is 6.52. The number of anilines is 1. The molecule has 0 aliphatic heterocycles. The fourth-order valence-electron chi connectivity index (χ4n) is 1.10. The highest BCUT2D eigenvalue weighted by atomic mass is 16.2. The monoisotopic (exact) mass is 191 g/mol. The second kappa shape index (κ2) is 4.05. The summed E-state index contributed by atoms with van der Waals surface area (Å²) < 4.78 is 0. The predicted molar refractivity (Wildman–Crippen MR) is 55.5 cm³/mol. The Kier molecular flexibility index (Phi) is 3.02. The zero-order chi connectivity index (χ0) is 10.7. The van der Waals surface area contributed by atoms with E-state index in [1.165, 1.54) is 18.7 Å². The third-order valence-electron chi connectivity index (χ3n) is 2.13. The van der Waals surface area contributed by atoms with Crippen molar-refractivity contribution >= 4 is 17.4 Å². The molecule has 1 aromatic rings. The van der Waals surface area contributed by atoms with Crippen LogP contribution in [0.3, 0.4) is 0 Å². The SMILES string of the molecule is CC(=O)c1ccc(N(C)C(C)=O)cc1. The standard InChI is InChI=1S/C11H13NO2/c1-8(13)10-4-6-11(7-5-10)12(3)9(2)14/h4-7H,1-3H3. The van der Waals surface area contributed by atoms with Gasteiger partial charge in [-0.05, 0) is 31.2 Å². The first-order valence-electron chi connectivity index (χ1n) is 4.37. The van der Waals surface area contributed by atoms with Gasteiger partial charge in [0.05, 0.1) is 0 Å². The molecular weight excluding hydrogens is 178 g/mol. The maximum atomic E-state index is 11.0. The average Bonchev–Trinajstić information content (AvgIpc) is 2.16. The van der Waals surface area contributed by atoms with Gasteiger partial charge >= 0.3 is 0 Å². The molecule has 0 aliphatic carbocycles. The molecule has 0 radical (unpaired) electrons. The molecule has 14 heavy (non-hydrogen) atoms. The fourth-order valence-corrected chi connectivity index (χ4v) is 1.10. The Morgan fingerprint density at radius 2 is 1.57 bits per heavy atom. The molecule has 0 saturated heterocycles. The van der Waals surface area contributed by atoms with Crippen molar-refractivity contribution in [2.75, 3.05) is 11.9 Å². The normalized spacial score (nSPS) is 9.64. The third-order valence-corrected chi connectivity index (χ3v) is 2.13. The van der Waals surface area contributed by atoms with Crippen LogP contribution in [0.2, 0.25) is 0 Å². The number of nitrogens with zero attached hydrogens (tertiary/aromatic N) is 1. The molecule has 0 N–H and O–H groups in total. The minimum Gasteiger partial charge on any atom is -0.316 e. The van der Waals surface area contributed by atoms with Crippen LogP contribution in [-0.4, -0.2) is 18.7 Å². The van der Waals surface area contributed by atoms with Gasteiger partial charge in [0.25, 0.3) is 0 Å². The van der Waals surface area contributed by atoms with Crippen molar-refractivity contribution < 1.29 is 9.59 Å². The molecule has 0 unspecified atom stereocenters. The van der Waals surface area contributed by atoms with Crippen LogP contribution in [0.25, 0.3) is 0 Å². The second-order valence-electron chi connectivity index (χ2n) is 3.18. The van der Waals surface area contributed by atoms with Crippen LogP contribution in [0.15, 0.2) is 24.3 Å². The smallest absolute Gasteiger partial charge is 0.223 e. The minimum absolute atomic E-state index is 0.0272. The van der Waals surface area contributed by atoms with Gasteiger partial charge in [-0.15, -0.1) is 0 Å². The fraction of sp³-hybridized carbons (Fsp3) is 0.273. The summed E-state index contributed by atoms with van der Waals surface area (Å²) in [6.45, 7) is 3.02. The molecule has 1 amide bonds. The van der Waals surface area contributed by atoms with Crippen LogP contribution in [0.1, 0.15) is 24.2 Å². The lowest BCUT2D eigenvalue weighted by molar-refractivity contribution is -0.116. The molecule has 0 atom stereocenters. The summed E-state index contributed by atoms with van der Waals surface area (Å²) in [6.07, 6.45) is 0. The Morgan fingerprint density at radius 1 is 1.07 bits per heavy atom. The summed E-state index contributed by atoms with van der Waals surface area (Å²) in [7, 11) is 1.70.